The number of methoxy groups -OCH3 is 2. The van der Waals surface area contributed by atoms with E-state index in [9.17, 15) is 22.8 Å². The summed E-state index contributed by atoms with van der Waals surface area (Å²) in [6.07, 6.45) is 0. The SMILES string of the molecule is COC(=O)c1cc(C(=O)OC)cc(S(=O)(=O)N[C@H](C(=O)N2CCOCC2)c2ccccc2)c1. The van der Waals surface area contributed by atoms with Crippen LogP contribution in [-0.4, -0.2) is 71.7 Å². The van der Waals surface area contributed by atoms with Crippen LogP contribution in [0.3, 0.4) is 0 Å². The first-order valence-corrected chi connectivity index (χ1v) is 11.5. The van der Waals surface area contributed by atoms with Gasteiger partial charge in [0.25, 0.3) is 0 Å². The second kappa shape index (κ2) is 10.6. The lowest BCUT2D eigenvalue weighted by Gasteiger charge is -2.31. The number of hydrogen-bond donors (Lipinski definition) is 1. The molecule has 10 nitrogen and oxygen atoms in total. The molecular weight excluding hydrogens is 452 g/mol. The molecule has 2 aromatic rings. The lowest BCUT2D eigenvalue weighted by atomic mass is 10.1. The summed E-state index contributed by atoms with van der Waals surface area (Å²) >= 11 is 0. The fourth-order valence-electron chi connectivity index (χ4n) is 3.32. The third-order valence-electron chi connectivity index (χ3n) is 5.03. The number of esters is 2. The average Bonchev–Trinajstić information content (AvgIpc) is 2.86. The molecule has 11 heteroatoms. The molecule has 0 saturated carbocycles. The predicted molar refractivity (Wildman–Crippen MR) is 116 cm³/mol. The number of morpholine rings is 1. The number of sulfonamides is 1. The second-order valence-electron chi connectivity index (χ2n) is 7.13. The summed E-state index contributed by atoms with van der Waals surface area (Å²) in [5, 5.41) is 0. The molecule has 33 heavy (non-hydrogen) atoms. The summed E-state index contributed by atoms with van der Waals surface area (Å²) in [5.74, 6) is -2.10. The van der Waals surface area contributed by atoms with E-state index >= 15 is 0 Å². The molecule has 1 amide bonds. The number of nitrogens with one attached hydrogen (secondary N) is 1. The molecule has 0 unspecified atom stereocenters. The van der Waals surface area contributed by atoms with Gasteiger partial charge in [-0.3, -0.25) is 4.79 Å². The summed E-state index contributed by atoms with van der Waals surface area (Å²) in [5.41, 5.74) is 0.128. The van der Waals surface area contributed by atoms with Gasteiger partial charge < -0.3 is 19.1 Å². The highest BCUT2D eigenvalue weighted by molar-refractivity contribution is 7.89. The van der Waals surface area contributed by atoms with E-state index in [0.717, 1.165) is 26.4 Å². The maximum absolute atomic E-state index is 13.3. The maximum Gasteiger partial charge on any atom is 0.337 e. The minimum atomic E-state index is -4.36. The smallest absolute Gasteiger partial charge is 0.337 e. The topological polar surface area (TPSA) is 128 Å². The van der Waals surface area contributed by atoms with Crippen molar-refractivity contribution in [1.29, 1.82) is 0 Å². The Morgan fingerprint density at radius 3 is 2.00 bits per heavy atom. The second-order valence-corrected chi connectivity index (χ2v) is 8.85. The fraction of sp³-hybridized carbons (Fsp3) is 0.318. The van der Waals surface area contributed by atoms with Gasteiger partial charge in [0.05, 0.1) is 43.5 Å². The Morgan fingerprint density at radius 2 is 1.48 bits per heavy atom. The third-order valence-corrected chi connectivity index (χ3v) is 6.44. The highest BCUT2D eigenvalue weighted by atomic mass is 32.2. The number of rotatable bonds is 7. The minimum absolute atomic E-state index is 0.156. The van der Waals surface area contributed by atoms with Crippen molar-refractivity contribution < 1.29 is 37.0 Å². The van der Waals surface area contributed by atoms with Gasteiger partial charge in [-0.05, 0) is 23.8 Å². The van der Waals surface area contributed by atoms with E-state index in [1.165, 1.54) is 11.0 Å². The van der Waals surface area contributed by atoms with Crippen molar-refractivity contribution in [2.45, 2.75) is 10.9 Å². The van der Waals surface area contributed by atoms with Gasteiger partial charge in [-0.1, -0.05) is 30.3 Å². The first kappa shape index (κ1) is 24.4. The van der Waals surface area contributed by atoms with Crippen molar-refractivity contribution in [3.8, 4) is 0 Å². The van der Waals surface area contributed by atoms with Gasteiger partial charge in [0.2, 0.25) is 15.9 Å². The number of amides is 1. The van der Waals surface area contributed by atoms with Crippen molar-refractivity contribution in [3.63, 3.8) is 0 Å². The van der Waals surface area contributed by atoms with Gasteiger partial charge >= 0.3 is 11.9 Å². The Labute approximate surface area is 191 Å². The zero-order chi connectivity index (χ0) is 24.0. The van der Waals surface area contributed by atoms with Crippen LogP contribution in [0.25, 0.3) is 0 Å². The molecule has 3 rings (SSSR count). The van der Waals surface area contributed by atoms with Crippen LogP contribution in [0, 0.1) is 0 Å². The van der Waals surface area contributed by atoms with E-state index in [4.69, 9.17) is 4.74 Å². The number of hydrogen-bond acceptors (Lipinski definition) is 8. The zero-order valence-corrected chi connectivity index (χ0v) is 19.0. The van der Waals surface area contributed by atoms with Crippen molar-refractivity contribution in [3.05, 3.63) is 65.2 Å². The van der Waals surface area contributed by atoms with Crippen LogP contribution in [-0.2, 0) is 29.0 Å². The van der Waals surface area contributed by atoms with Crippen LogP contribution in [0.2, 0.25) is 0 Å². The molecular formula is C22H24N2O8S. The highest BCUT2D eigenvalue weighted by Crippen LogP contribution is 2.23. The molecule has 0 aromatic heterocycles. The Hall–Kier alpha value is -3.28. The van der Waals surface area contributed by atoms with E-state index in [2.05, 4.69) is 14.2 Å². The zero-order valence-electron chi connectivity index (χ0n) is 18.1. The van der Waals surface area contributed by atoms with Crippen molar-refractivity contribution in [2.75, 3.05) is 40.5 Å². The van der Waals surface area contributed by atoms with Crippen LogP contribution in [0.1, 0.15) is 32.3 Å². The van der Waals surface area contributed by atoms with Gasteiger partial charge in [0, 0.05) is 13.1 Å². The Balaban J connectivity index is 2.02. The van der Waals surface area contributed by atoms with E-state index in [-0.39, 0.29) is 16.0 Å². The molecule has 0 bridgehead atoms. The third kappa shape index (κ3) is 5.75. The van der Waals surface area contributed by atoms with Crippen molar-refractivity contribution in [1.82, 2.24) is 9.62 Å². The van der Waals surface area contributed by atoms with Crippen LogP contribution in [0.5, 0.6) is 0 Å². The van der Waals surface area contributed by atoms with Crippen LogP contribution >= 0.6 is 0 Å². The molecule has 1 fully saturated rings. The van der Waals surface area contributed by atoms with Gasteiger partial charge in [0.1, 0.15) is 6.04 Å². The first-order valence-electron chi connectivity index (χ1n) is 10.0. The van der Waals surface area contributed by atoms with Crippen molar-refractivity contribution >= 4 is 27.9 Å². The van der Waals surface area contributed by atoms with E-state index in [0.29, 0.717) is 31.9 Å². The molecule has 1 saturated heterocycles. The van der Waals surface area contributed by atoms with Crippen molar-refractivity contribution in [2.24, 2.45) is 0 Å². The van der Waals surface area contributed by atoms with Gasteiger partial charge in [-0.15, -0.1) is 0 Å². The molecule has 1 atom stereocenters. The number of benzene rings is 2. The summed E-state index contributed by atoms with van der Waals surface area (Å²) in [4.78, 5) is 38.5. The number of nitrogens with zero attached hydrogens (tertiary/aromatic N) is 1. The average molecular weight is 477 g/mol. The summed E-state index contributed by atoms with van der Waals surface area (Å²) in [6, 6.07) is 10.5. The largest absolute Gasteiger partial charge is 0.465 e. The monoisotopic (exact) mass is 476 g/mol. The first-order chi connectivity index (χ1) is 15.8. The molecule has 176 valence electrons. The molecule has 0 aliphatic carbocycles. The van der Waals surface area contributed by atoms with E-state index in [1.54, 1.807) is 30.3 Å². The number of carbonyl (C=O) groups is 3. The van der Waals surface area contributed by atoms with Crippen LogP contribution in [0.4, 0.5) is 0 Å². The van der Waals surface area contributed by atoms with Gasteiger partial charge in [-0.2, -0.15) is 4.72 Å². The molecule has 1 aliphatic rings. The fourth-order valence-corrected chi connectivity index (χ4v) is 4.57. The minimum Gasteiger partial charge on any atom is -0.465 e. The van der Waals surface area contributed by atoms with Gasteiger partial charge in [-0.25, -0.2) is 18.0 Å². The summed E-state index contributed by atoms with van der Waals surface area (Å²) in [6.45, 7) is 1.36. The quantitative estimate of drug-likeness (QED) is 0.589. The molecule has 2 aromatic carbocycles. The maximum atomic E-state index is 13.3. The van der Waals surface area contributed by atoms with Gasteiger partial charge in [0.15, 0.2) is 0 Å². The van der Waals surface area contributed by atoms with E-state index in [1.807, 2.05) is 0 Å². The standard InChI is InChI=1S/C22H24N2O8S/c1-30-21(26)16-12-17(22(27)31-2)14-18(13-16)33(28,29)23-19(15-6-4-3-5-7-15)20(25)24-8-10-32-11-9-24/h3-7,12-14,19,23H,8-11H2,1-2H3/t19-/m0/s1. The molecule has 1 aliphatic heterocycles. The number of carbonyl (C=O) groups excluding carboxylic acids is 3. The summed E-state index contributed by atoms with van der Waals surface area (Å²) < 4.78 is 43.7. The van der Waals surface area contributed by atoms with E-state index < -0.39 is 33.9 Å². The molecule has 1 N–H and O–H groups in total. The molecule has 0 radical (unpaired) electrons. The number of ether oxygens (including phenoxy) is 3. The Morgan fingerprint density at radius 1 is 0.939 bits per heavy atom. The lowest BCUT2D eigenvalue weighted by molar-refractivity contribution is -0.137. The Bertz CT molecular complexity index is 1090. The van der Waals surface area contributed by atoms with Crippen LogP contribution < -0.4 is 4.72 Å². The molecule has 0 spiro atoms. The Kier molecular flexibility index (Phi) is 7.79. The molecule has 1 heterocycles. The lowest BCUT2D eigenvalue weighted by Crippen LogP contribution is -2.47. The highest BCUT2D eigenvalue weighted by Gasteiger charge is 2.32. The van der Waals surface area contributed by atoms with Crippen LogP contribution in [0.15, 0.2) is 53.4 Å². The normalized spacial score (nSPS) is 14.9. The predicted octanol–water partition coefficient (Wildman–Crippen LogP) is 1.14. The summed E-state index contributed by atoms with van der Waals surface area (Å²) in [7, 11) is -2.10.